The van der Waals surface area contributed by atoms with Gasteiger partial charge in [-0.3, -0.25) is 10.1 Å². The average molecular weight is 251 g/mol. The third kappa shape index (κ3) is 5.31. The van der Waals surface area contributed by atoms with Gasteiger partial charge in [-0.05, 0) is 31.0 Å². The minimum Gasteiger partial charge on any atom is -0.484 e. The molecular formula is C12H17N3O3. The van der Waals surface area contributed by atoms with Gasteiger partial charge in [0.15, 0.2) is 6.61 Å². The predicted octanol–water partition coefficient (Wildman–Crippen LogP) is 0.150. The highest BCUT2D eigenvalue weighted by Crippen LogP contribution is 2.12. The lowest BCUT2D eigenvalue weighted by molar-refractivity contribution is -0.121. The first-order valence-corrected chi connectivity index (χ1v) is 5.54. The first-order valence-electron chi connectivity index (χ1n) is 5.54. The normalized spacial score (nSPS) is 11.7. The smallest absolute Gasteiger partial charge is 0.318 e. The maximum atomic E-state index is 11.1. The van der Waals surface area contributed by atoms with Gasteiger partial charge in [-0.2, -0.15) is 0 Å². The molecule has 5 N–H and O–H groups in total. The molecule has 3 amide bonds. The molecule has 0 heterocycles. The van der Waals surface area contributed by atoms with E-state index < -0.39 is 11.9 Å². The second kappa shape index (κ2) is 6.61. The van der Waals surface area contributed by atoms with Crippen molar-refractivity contribution in [2.75, 3.05) is 6.61 Å². The second-order valence-electron chi connectivity index (χ2n) is 4.03. The van der Waals surface area contributed by atoms with E-state index in [4.69, 9.17) is 16.2 Å². The molecule has 6 heteroatoms. The quantitative estimate of drug-likeness (QED) is 0.692. The molecule has 1 aromatic carbocycles. The second-order valence-corrected chi connectivity index (χ2v) is 4.03. The van der Waals surface area contributed by atoms with Crippen LogP contribution in [0, 0.1) is 0 Å². The fraction of sp³-hybridized carbons (Fsp3) is 0.333. The van der Waals surface area contributed by atoms with E-state index in [9.17, 15) is 9.59 Å². The molecule has 0 radical (unpaired) electrons. The monoisotopic (exact) mass is 251 g/mol. The molecule has 0 saturated heterocycles. The van der Waals surface area contributed by atoms with Gasteiger partial charge in [0.25, 0.3) is 5.91 Å². The van der Waals surface area contributed by atoms with Crippen LogP contribution in [0.4, 0.5) is 4.79 Å². The Morgan fingerprint density at radius 1 is 1.33 bits per heavy atom. The molecule has 0 aliphatic heterocycles. The Morgan fingerprint density at radius 2 is 1.94 bits per heavy atom. The molecule has 0 aromatic heterocycles. The lowest BCUT2D eigenvalue weighted by Crippen LogP contribution is -2.38. The van der Waals surface area contributed by atoms with Crippen molar-refractivity contribution in [1.29, 1.82) is 0 Å². The van der Waals surface area contributed by atoms with Gasteiger partial charge in [0.1, 0.15) is 5.75 Å². The molecule has 98 valence electrons. The lowest BCUT2D eigenvalue weighted by Gasteiger charge is -2.08. The topological polar surface area (TPSA) is 107 Å². The average Bonchev–Trinajstić information content (AvgIpc) is 2.26. The lowest BCUT2D eigenvalue weighted by atomic mass is 10.1. The standard InChI is InChI=1S/C12H17N3O3/c1-8(13)6-9-2-4-10(5-3-9)18-7-11(16)15-12(14)17/h2-5,8H,6-7,13H2,1H3,(H3,14,15,16,17). The summed E-state index contributed by atoms with van der Waals surface area (Å²) in [6, 6.07) is 6.45. The Kier molecular flexibility index (Phi) is 5.13. The van der Waals surface area contributed by atoms with Gasteiger partial charge in [-0.1, -0.05) is 12.1 Å². The van der Waals surface area contributed by atoms with Crippen LogP contribution in [0.1, 0.15) is 12.5 Å². The third-order valence-electron chi connectivity index (χ3n) is 2.11. The van der Waals surface area contributed by atoms with E-state index in [0.717, 1.165) is 12.0 Å². The number of nitrogens with one attached hydrogen (secondary N) is 1. The van der Waals surface area contributed by atoms with Crippen LogP contribution in [0.2, 0.25) is 0 Å². The number of hydrogen-bond donors (Lipinski definition) is 3. The molecule has 1 aromatic rings. The van der Waals surface area contributed by atoms with Gasteiger partial charge >= 0.3 is 6.03 Å². The number of hydrogen-bond acceptors (Lipinski definition) is 4. The van der Waals surface area contributed by atoms with Crippen LogP contribution in [-0.4, -0.2) is 24.6 Å². The van der Waals surface area contributed by atoms with Crippen LogP contribution < -0.4 is 21.5 Å². The summed E-state index contributed by atoms with van der Waals surface area (Å²) < 4.78 is 5.18. The molecule has 0 bridgehead atoms. The zero-order valence-corrected chi connectivity index (χ0v) is 10.2. The predicted molar refractivity (Wildman–Crippen MR) is 67.0 cm³/mol. The summed E-state index contributed by atoms with van der Waals surface area (Å²) in [6.07, 6.45) is 0.780. The van der Waals surface area contributed by atoms with Crippen LogP contribution in [0.25, 0.3) is 0 Å². The zero-order chi connectivity index (χ0) is 13.5. The Balaban J connectivity index is 2.44. The van der Waals surface area contributed by atoms with Crippen LogP contribution in [0.15, 0.2) is 24.3 Å². The number of rotatable bonds is 5. The molecule has 0 aliphatic carbocycles. The fourth-order valence-corrected chi connectivity index (χ4v) is 1.42. The van der Waals surface area contributed by atoms with Gasteiger partial charge < -0.3 is 16.2 Å². The van der Waals surface area contributed by atoms with Gasteiger partial charge in [0, 0.05) is 6.04 Å². The largest absolute Gasteiger partial charge is 0.484 e. The minimum absolute atomic E-state index is 0.0955. The third-order valence-corrected chi connectivity index (χ3v) is 2.11. The van der Waals surface area contributed by atoms with Crippen molar-refractivity contribution in [1.82, 2.24) is 5.32 Å². The number of carbonyl (C=O) groups is 2. The summed E-state index contributed by atoms with van der Waals surface area (Å²) in [6.45, 7) is 1.67. The first kappa shape index (κ1) is 14.0. The summed E-state index contributed by atoms with van der Waals surface area (Å²) in [7, 11) is 0. The van der Waals surface area contributed by atoms with E-state index in [1.807, 2.05) is 24.4 Å². The van der Waals surface area contributed by atoms with E-state index in [1.165, 1.54) is 0 Å². The number of carbonyl (C=O) groups excluding carboxylic acids is 2. The van der Waals surface area contributed by atoms with Gasteiger partial charge in [-0.25, -0.2) is 4.79 Å². The van der Waals surface area contributed by atoms with Crippen molar-refractivity contribution >= 4 is 11.9 Å². The first-order chi connectivity index (χ1) is 8.47. The Hall–Kier alpha value is -2.08. The van der Waals surface area contributed by atoms with Crippen LogP contribution in [0.3, 0.4) is 0 Å². The van der Waals surface area contributed by atoms with Crippen molar-refractivity contribution < 1.29 is 14.3 Å². The van der Waals surface area contributed by atoms with Gasteiger partial charge in [0.05, 0.1) is 0 Å². The number of nitrogens with two attached hydrogens (primary N) is 2. The minimum atomic E-state index is -0.893. The molecule has 1 rings (SSSR count). The van der Waals surface area contributed by atoms with Gasteiger partial charge in [0.2, 0.25) is 0 Å². The highest BCUT2D eigenvalue weighted by atomic mass is 16.5. The van der Waals surface area contributed by atoms with E-state index in [1.54, 1.807) is 12.1 Å². The van der Waals surface area contributed by atoms with E-state index in [-0.39, 0.29) is 12.6 Å². The highest BCUT2D eigenvalue weighted by molar-refractivity contribution is 5.94. The Morgan fingerprint density at radius 3 is 2.44 bits per heavy atom. The summed E-state index contributed by atoms with van der Waals surface area (Å²) in [5.74, 6) is -0.0369. The molecule has 0 spiro atoms. The van der Waals surface area contributed by atoms with Crippen molar-refractivity contribution in [3.05, 3.63) is 29.8 Å². The van der Waals surface area contributed by atoms with Crippen molar-refractivity contribution in [2.24, 2.45) is 11.5 Å². The van der Waals surface area contributed by atoms with Crippen LogP contribution in [0.5, 0.6) is 5.75 Å². The molecule has 0 saturated carbocycles. The summed E-state index contributed by atoms with van der Waals surface area (Å²) >= 11 is 0. The number of benzene rings is 1. The maximum Gasteiger partial charge on any atom is 0.318 e. The van der Waals surface area contributed by atoms with Crippen molar-refractivity contribution in [3.63, 3.8) is 0 Å². The van der Waals surface area contributed by atoms with E-state index in [2.05, 4.69) is 0 Å². The zero-order valence-electron chi connectivity index (χ0n) is 10.2. The van der Waals surface area contributed by atoms with Crippen LogP contribution >= 0.6 is 0 Å². The number of ether oxygens (including phenoxy) is 1. The molecule has 18 heavy (non-hydrogen) atoms. The summed E-state index contributed by atoms with van der Waals surface area (Å²) in [4.78, 5) is 21.5. The van der Waals surface area contributed by atoms with Gasteiger partial charge in [-0.15, -0.1) is 0 Å². The number of primary amides is 1. The van der Waals surface area contributed by atoms with Crippen LogP contribution in [-0.2, 0) is 11.2 Å². The van der Waals surface area contributed by atoms with E-state index in [0.29, 0.717) is 5.75 Å². The maximum absolute atomic E-state index is 11.1. The molecule has 0 fully saturated rings. The van der Waals surface area contributed by atoms with Crippen molar-refractivity contribution in [3.8, 4) is 5.75 Å². The number of imide groups is 1. The Bertz CT molecular complexity index is 415. The molecule has 1 unspecified atom stereocenters. The SMILES string of the molecule is CC(N)Cc1ccc(OCC(=O)NC(N)=O)cc1. The Labute approximate surface area is 105 Å². The molecule has 1 atom stereocenters. The molecule has 6 nitrogen and oxygen atoms in total. The number of amides is 3. The molecule has 0 aliphatic rings. The molecular weight excluding hydrogens is 234 g/mol. The summed E-state index contributed by atoms with van der Waals surface area (Å²) in [5.41, 5.74) is 11.6. The fourth-order valence-electron chi connectivity index (χ4n) is 1.42. The number of urea groups is 1. The summed E-state index contributed by atoms with van der Waals surface area (Å²) in [5, 5.41) is 1.91. The van der Waals surface area contributed by atoms with Crippen molar-refractivity contribution in [2.45, 2.75) is 19.4 Å². The highest BCUT2D eigenvalue weighted by Gasteiger charge is 2.05. The van der Waals surface area contributed by atoms with E-state index >= 15 is 0 Å².